The SMILES string of the molecule is CCCCCCCCCC(=O)C1CCSC1. The van der Waals surface area contributed by atoms with Gasteiger partial charge in [-0.1, -0.05) is 45.4 Å². The maximum atomic E-state index is 11.8. The number of rotatable bonds is 9. The van der Waals surface area contributed by atoms with Crippen molar-refractivity contribution in [1.82, 2.24) is 0 Å². The summed E-state index contributed by atoms with van der Waals surface area (Å²) in [4.78, 5) is 11.8. The molecule has 0 aromatic rings. The van der Waals surface area contributed by atoms with Gasteiger partial charge in [0, 0.05) is 18.1 Å². The minimum Gasteiger partial charge on any atom is -0.299 e. The molecule has 94 valence electrons. The number of carbonyl (C=O) groups excluding carboxylic acids is 1. The van der Waals surface area contributed by atoms with Crippen LogP contribution in [0.15, 0.2) is 0 Å². The first-order chi connectivity index (χ1) is 7.84. The monoisotopic (exact) mass is 242 g/mol. The van der Waals surface area contributed by atoms with Gasteiger partial charge in [-0.2, -0.15) is 11.8 Å². The lowest BCUT2D eigenvalue weighted by molar-refractivity contribution is -0.122. The fourth-order valence-corrected chi connectivity index (χ4v) is 3.50. The van der Waals surface area contributed by atoms with Gasteiger partial charge in [0.25, 0.3) is 0 Å². The molecule has 2 heteroatoms. The Kier molecular flexibility index (Phi) is 8.00. The third kappa shape index (κ3) is 5.93. The van der Waals surface area contributed by atoms with Crippen molar-refractivity contribution in [3.63, 3.8) is 0 Å². The molecule has 1 unspecified atom stereocenters. The maximum absolute atomic E-state index is 11.8. The average Bonchev–Trinajstić information content (AvgIpc) is 2.81. The van der Waals surface area contributed by atoms with Crippen molar-refractivity contribution in [2.45, 2.75) is 64.7 Å². The first kappa shape index (κ1) is 14.1. The number of ketones is 1. The third-order valence-electron chi connectivity index (χ3n) is 3.41. The fraction of sp³-hybridized carbons (Fsp3) is 0.929. The molecule has 0 aromatic carbocycles. The lowest BCUT2D eigenvalue weighted by Crippen LogP contribution is -2.13. The van der Waals surface area contributed by atoms with E-state index >= 15 is 0 Å². The summed E-state index contributed by atoms with van der Waals surface area (Å²) in [5, 5.41) is 0. The molecule has 0 aromatic heterocycles. The highest BCUT2D eigenvalue weighted by Crippen LogP contribution is 2.25. The zero-order chi connectivity index (χ0) is 11.6. The topological polar surface area (TPSA) is 17.1 Å². The van der Waals surface area contributed by atoms with Crippen LogP contribution in [0.5, 0.6) is 0 Å². The Hall–Kier alpha value is 0.0200. The van der Waals surface area contributed by atoms with Crippen LogP contribution in [0.3, 0.4) is 0 Å². The highest BCUT2D eigenvalue weighted by molar-refractivity contribution is 7.99. The molecule has 0 spiro atoms. The Balaban J connectivity index is 1.88. The van der Waals surface area contributed by atoms with Gasteiger partial charge in [-0.15, -0.1) is 0 Å². The second-order valence-corrected chi connectivity index (χ2v) is 6.05. The number of unbranched alkanes of at least 4 members (excludes halogenated alkanes) is 6. The summed E-state index contributed by atoms with van der Waals surface area (Å²) in [6, 6.07) is 0. The van der Waals surface area contributed by atoms with E-state index in [0.717, 1.165) is 25.0 Å². The second kappa shape index (κ2) is 9.09. The van der Waals surface area contributed by atoms with E-state index in [0.29, 0.717) is 11.7 Å². The lowest BCUT2D eigenvalue weighted by atomic mass is 9.98. The van der Waals surface area contributed by atoms with Crippen molar-refractivity contribution in [3.05, 3.63) is 0 Å². The number of hydrogen-bond acceptors (Lipinski definition) is 2. The van der Waals surface area contributed by atoms with Gasteiger partial charge in [-0.05, 0) is 18.6 Å². The van der Waals surface area contributed by atoms with E-state index in [1.807, 2.05) is 11.8 Å². The van der Waals surface area contributed by atoms with Crippen molar-refractivity contribution in [2.75, 3.05) is 11.5 Å². The normalized spacial score (nSPS) is 20.2. The molecule has 1 aliphatic rings. The molecule has 0 bridgehead atoms. The molecular formula is C14H26OS. The summed E-state index contributed by atoms with van der Waals surface area (Å²) >= 11 is 1.94. The Morgan fingerprint density at radius 2 is 1.81 bits per heavy atom. The molecule has 1 nitrogen and oxygen atoms in total. The van der Waals surface area contributed by atoms with Crippen LogP contribution in [0, 0.1) is 5.92 Å². The minimum atomic E-state index is 0.407. The van der Waals surface area contributed by atoms with Gasteiger partial charge >= 0.3 is 0 Å². The van der Waals surface area contributed by atoms with Gasteiger partial charge in [0.15, 0.2) is 0 Å². The fourth-order valence-electron chi connectivity index (χ4n) is 2.25. The summed E-state index contributed by atoms with van der Waals surface area (Å²) in [7, 11) is 0. The molecule has 1 fully saturated rings. The summed E-state index contributed by atoms with van der Waals surface area (Å²) in [5.74, 6) is 3.24. The van der Waals surface area contributed by atoms with Gasteiger partial charge in [0.1, 0.15) is 5.78 Å². The zero-order valence-corrected chi connectivity index (χ0v) is 11.5. The van der Waals surface area contributed by atoms with Gasteiger partial charge in [-0.25, -0.2) is 0 Å². The first-order valence-electron chi connectivity index (χ1n) is 6.95. The van der Waals surface area contributed by atoms with E-state index in [2.05, 4.69) is 6.92 Å². The number of carbonyl (C=O) groups is 1. The summed E-state index contributed by atoms with van der Waals surface area (Å²) in [6.45, 7) is 2.25. The Labute approximate surface area is 105 Å². The molecule has 0 N–H and O–H groups in total. The molecule has 0 amide bonds. The number of hydrogen-bond donors (Lipinski definition) is 0. The van der Waals surface area contributed by atoms with Crippen molar-refractivity contribution in [1.29, 1.82) is 0 Å². The molecule has 1 saturated heterocycles. The molecule has 1 rings (SSSR count). The van der Waals surface area contributed by atoms with Crippen LogP contribution in [0.4, 0.5) is 0 Å². The first-order valence-corrected chi connectivity index (χ1v) is 8.10. The van der Waals surface area contributed by atoms with Crippen LogP contribution < -0.4 is 0 Å². The van der Waals surface area contributed by atoms with E-state index in [1.165, 1.54) is 44.3 Å². The van der Waals surface area contributed by atoms with E-state index in [9.17, 15) is 4.79 Å². The van der Waals surface area contributed by atoms with Crippen molar-refractivity contribution in [2.24, 2.45) is 5.92 Å². The van der Waals surface area contributed by atoms with Crippen LogP contribution in [-0.4, -0.2) is 17.3 Å². The Morgan fingerprint density at radius 3 is 2.44 bits per heavy atom. The zero-order valence-electron chi connectivity index (χ0n) is 10.7. The van der Waals surface area contributed by atoms with Crippen LogP contribution in [0.25, 0.3) is 0 Å². The number of Topliss-reactive ketones (excluding diaryl/α,β-unsaturated/α-hetero) is 1. The molecule has 1 heterocycles. The highest BCUT2D eigenvalue weighted by atomic mass is 32.2. The van der Waals surface area contributed by atoms with Crippen LogP contribution >= 0.6 is 11.8 Å². The van der Waals surface area contributed by atoms with Crippen LogP contribution in [0.1, 0.15) is 64.7 Å². The van der Waals surface area contributed by atoms with Gasteiger partial charge in [0.2, 0.25) is 0 Å². The predicted molar refractivity (Wildman–Crippen MR) is 73.0 cm³/mol. The van der Waals surface area contributed by atoms with E-state index < -0.39 is 0 Å². The van der Waals surface area contributed by atoms with Gasteiger partial charge < -0.3 is 0 Å². The van der Waals surface area contributed by atoms with Crippen molar-refractivity contribution >= 4 is 17.5 Å². The second-order valence-electron chi connectivity index (χ2n) is 4.90. The maximum Gasteiger partial charge on any atom is 0.136 e. The smallest absolute Gasteiger partial charge is 0.136 e. The molecule has 16 heavy (non-hydrogen) atoms. The Morgan fingerprint density at radius 1 is 1.12 bits per heavy atom. The average molecular weight is 242 g/mol. The van der Waals surface area contributed by atoms with Crippen LogP contribution in [0.2, 0.25) is 0 Å². The van der Waals surface area contributed by atoms with Crippen molar-refractivity contribution in [3.8, 4) is 0 Å². The van der Waals surface area contributed by atoms with Crippen molar-refractivity contribution < 1.29 is 4.79 Å². The molecule has 0 aliphatic carbocycles. The van der Waals surface area contributed by atoms with Gasteiger partial charge in [-0.3, -0.25) is 4.79 Å². The minimum absolute atomic E-state index is 0.407. The molecule has 1 atom stereocenters. The molecule has 0 radical (unpaired) electrons. The summed E-state index contributed by atoms with van der Waals surface area (Å²) in [6.07, 6.45) is 11.1. The number of thioether (sulfide) groups is 1. The highest BCUT2D eigenvalue weighted by Gasteiger charge is 2.21. The van der Waals surface area contributed by atoms with E-state index in [4.69, 9.17) is 0 Å². The van der Waals surface area contributed by atoms with E-state index in [-0.39, 0.29) is 0 Å². The summed E-state index contributed by atoms with van der Waals surface area (Å²) < 4.78 is 0. The third-order valence-corrected chi connectivity index (χ3v) is 4.57. The van der Waals surface area contributed by atoms with Gasteiger partial charge in [0.05, 0.1) is 0 Å². The summed E-state index contributed by atoms with van der Waals surface area (Å²) in [5.41, 5.74) is 0. The van der Waals surface area contributed by atoms with E-state index in [1.54, 1.807) is 0 Å². The van der Waals surface area contributed by atoms with Crippen LogP contribution in [-0.2, 0) is 4.79 Å². The molecule has 1 aliphatic heterocycles. The quantitative estimate of drug-likeness (QED) is 0.556. The molecular weight excluding hydrogens is 216 g/mol. The Bertz CT molecular complexity index is 185. The lowest BCUT2D eigenvalue weighted by Gasteiger charge is -2.06. The predicted octanol–water partition coefficient (Wildman–Crippen LogP) is 4.45. The standard InChI is InChI=1S/C14H26OS/c1-2-3-4-5-6-7-8-9-14(15)13-10-11-16-12-13/h13H,2-12H2,1H3. The largest absolute Gasteiger partial charge is 0.299 e. The molecule has 0 saturated carbocycles.